The zero-order valence-corrected chi connectivity index (χ0v) is 13.0. The number of sulfonamides is 1. The third kappa shape index (κ3) is 2.92. The summed E-state index contributed by atoms with van der Waals surface area (Å²) in [6.07, 6.45) is -0.237. The number of nitro groups is 1. The summed E-state index contributed by atoms with van der Waals surface area (Å²) >= 11 is 0. The van der Waals surface area contributed by atoms with Crippen LogP contribution < -0.4 is 0 Å². The zero-order valence-electron chi connectivity index (χ0n) is 12.1. The largest absolute Gasteiger partial charge is 0.375 e. The van der Waals surface area contributed by atoms with Gasteiger partial charge in [0.1, 0.15) is 0 Å². The maximum atomic E-state index is 12.9. The van der Waals surface area contributed by atoms with E-state index in [4.69, 9.17) is 4.74 Å². The third-order valence-corrected chi connectivity index (χ3v) is 5.68. The second kappa shape index (κ2) is 5.70. The van der Waals surface area contributed by atoms with Gasteiger partial charge in [-0.3, -0.25) is 10.1 Å². The van der Waals surface area contributed by atoms with Gasteiger partial charge in [-0.2, -0.15) is 4.31 Å². The van der Waals surface area contributed by atoms with Crippen molar-refractivity contribution < 1.29 is 18.1 Å². The molecule has 0 aliphatic carbocycles. The molecule has 2 rings (SSSR count). The van der Waals surface area contributed by atoms with Crippen LogP contribution in [0.4, 0.5) is 5.69 Å². The summed E-state index contributed by atoms with van der Waals surface area (Å²) in [7, 11) is -3.94. The maximum Gasteiger partial charge on any atom is 0.289 e. The van der Waals surface area contributed by atoms with Gasteiger partial charge in [-0.05, 0) is 26.3 Å². The molecule has 1 heterocycles. The Kier molecular flexibility index (Phi) is 4.31. The lowest BCUT2D eigenvalue weighted by molar-refractivity contribution is -0.388. The number of benzene rings is 1. The number of ether oxygens (including phenoxy) is 1. The Morgan fingerprint density at radius 3 is 2.67 bits per heavy atom. The molecule has 0 radical (unpaired) electrons. The van der Waals surface area contributed by atoms with Gasteiger partial charge >= 0.3 is 0 Å². The van der Waals surface area contributed by atoms with Crippen LogP contribution in [0, 0.1) is 17.0 Å². The maximum absolute atomic E-state index is 12.9. The monoisotopic (exact) mass is 314 g/mol. The van der Waals surface area contributed by atoms with Crippen molar-refractivity contribution in [3.63, 3.8) is 0 Å². The van der Waals surface area contributed by atoms with Crippen molar-refractivity contribution >= 4 is 15.7 Å². The molecule has 7 nitrogen and oxygen atoms in total. The Morgan fingerprint density at radius 1 is 1.38 bits per heavy atom. The van der Waals surface area contributed by atoms with Crippen LogP contribution in [-0.2, 0) is 14.8 Å². The van der Waals surface area contributed by atoms with Crippen molar-refractivity contribution in [2.75, 3.05) is 13.2 Å². The van der Waals surface area contributed by atoms with E-state index in [0.29, 0.717) is 5.56 Å². The summed E-state index contributed by atoms with van der Waals surface area (Å²) in [5, 5.41) is 11.1. The Hall–Kier alpha value is -1.51. The Morgan fingerprint density at radius 2 is 2.05 bits per heavy atom. The van der Waals surface area contributed by atoms with Crippen molar-refractivity contribution in [1.82, 2.24) is 4.31 Å². The van der Waals surface area contributed by atoms with Gasteiger partial charge in [0.2, 0.25) is 0 Å². The van der Waals surface area contributed by atoms with Gasteiger partial charge in [-0.15, -0.1) is 0 Å². The van der Waals surface area contributed by atoms with Crippen LogP contribution in [0.5, 0.6) is 0 Å². The van der Waals surface area contributed by atoms with Crippen molar-refractivity contribution in [3.8, 4) is 0 Å². The minimum absolute atomic E-state index is 0.189. The molecule has 0 bridgehead atoms. The molecule has 0 amide bonds. The minimum atomic E-state index is -3.94. The van der Waals surface area contributed by atoms with Gasteiger partial charge in [-0.1, -0.05) is 12.1 Å². The molecule has 0 N–H and O–H groups in total. The SMILES string of the molecule is Cc1cccc([N+](=O)[O-])c1S(=O)(=O)N1C[C@H](C)OC[C@H]1C. The molecule has 1 saturated heterocycles. The smallest absolute Gasteiger partial charge is 0.289 e. The standard InChI is InChI=1S/C13H18N2O5S/c1-9-5-4-6-12(15(16)17)13(9)21(18,19)14-7-11(3)20-8-10(14)2/h4-6,10-11H,7-8H2,1-3H3/t10-,11+/m1/s1. The van der Waals surface area contributed by atoms with Crippen molar-refractivity contribution in [3.05, 3.63) is 33.9 Å². The van der Waals surface area contributed by atoms with Gasteiger partial charge in [-0.25, -0.2) is 8.42 Å². The summed E-state index contributed by atoms with van der Waals surface area (Å²) in [6.45, 7) is 5.54. The Bertz CT molecular complexity index is 659. The van der Waals surface area contributed by atoms with Crippen LogP contribution in [0.15, 0.2) is 23.1 Å². The number of hydrogen-bond donors (Lipinski definition) is 0. The van der Waals surface area contributed by atoms with Gasteiger partial charge in [0.05, 0.1) is 17.6 Å². The number of hydrogen-bond acceptors (Lipinski definition) is 5. The van der Waals surface area contributed by atoms with Crippen molar-refractivity contribution in [2.45, 2.75) is 37.8 Å². The number of nitro benzene ring substituents is 1. The quantitative estimate of drug-likeness (QED) is 0.625. The van der Waals surface area contributed by atoms with Crippen LogP contribution in [0.1, 0.15) is 19.4 Å². The first-order valence-corrected chi connectivity index (χ1v) is 8.06. The molecule has 1 aliphatic rings. The molecule has 8 heteroatoms. The summed E-state index contributed by atoms with van der Waals surface area (Å²) in [4.78, 5) is 10.3. The molecule has 21 heavy (non-hydrogen) atoms. The van der Waals surface area contributed by atoms with E-state index in [1.807, 2.05) is 0 Å². The normalized spacial score (nSPS) is 24.0. The summed E-state index contributed by atoms with van der Waals surface area (Å²) < 4.78 is 32.4. The van der Waals surface area contributed by atoms with E-state index in [1.165, 1.54) is 16.4 Å². The predicted octanol–water partition coefficient (Wildman–Crippen LogP) is 1.70. The highest BCUT2D eigenvalue weighted by molar-refractivity contribution is 7.89. The fraction of sp³-hybridized carbons (Fsp3) is 0.538. The summed E-state index contributed by atoms with van der Waals surface area (Å²) in [6, 6.07) is 3.91. The molecule has 1 aliphatic heterocycles. The van der Waals surface area contributed by atoms with Crippen LogP contribution in [0.3, 0.4) is 0 Å². The molecule has 0 aromatic heterocycles. The lowest BCUT2D eigenvalue weighted by atomic mass is 10.2. The zero-order chi connectivity index (χ0) is 15.8. The highest BCUT2D eigenvalue weighted by Gasteiger charge is 2.38. The number of rotatable bonds is 3. The number of aryl methyl sites for hydroxylation is 1. The number of nitrogens with zero attached hydrogens (tertiary/aromatic N) is 2. The van der Waals surface area contributed by atoms with E-state index >= 15 is 0 Å². The molecule has 2 atom stereocenters. The fourth-order valence-corrected chi connectivity index (χ4v) is 4.50. The molecule has 0 spiro atoms. The Labute approximate surface area is 123 Å². The minimum Gasteiger partial charge on any atom is -0.375 e. The number of morpholine rings is 1. The molecule has 0 unspecified atom stereocenters. The second-order valence-corrected chi connectivity index (χ2v) is 7.08. The first-order valence-electron chi connectivity index (χ1n) is 6.62. The van der Waals surface area contributed by atoms with E-state index in [0.717, 1.165) is 0 Å². The lowest BCUT2D eigenvalue weighted by Crippen LogP contribution is -2.50. The molecule has 0 saturated carbocycles. The third-order valence-electron chi connectivity index (χ3n) is 3.51. The van der Waals surface area contributed by atoms with E-state index in [-0.39, 0.29) is 35.9 Å². The van der Waals surface area contributed by atoms with Crippen LogP contribution in [0.2, 0.25) is 0 Å². The highest BCUT2D eigenvalue weighted by atomic mass is 32.2. The van der Waals surface area contributed by atoms with Gasteiger partial charge in [0.25, 0.3) is 15.7 Å². The average Bonchev–Trinajstić information content (AvgIpc) is 2.40. The first-order chi connectivity index (χ1) is 9.75. The molecular formula is C13H18N2O5S. The average molecular weight is 314 g/mol. The Balaban J connectivity index is 2.56. The first kappa shape index (κ1) is 15.9. The van der Waals surface area contributed by atoms with Crippen LogP contribution >= 0.6 is 0 Å². The van der Waals surface area contributed by atoms with Gasteiger partial charge in [0, 0.05) is 18.7 Å². The topological polar surface area (TPSA) is 89.8 Å². The molecule has 116 valence electrons. The van der Waals surface area contributed by atoms with Crippen LogP contribution in [0.25, 0.3) is 0 Å². The van der Waals surface area contributed by atoms with Crippen molar-refractivity contribution in [2.24, 2.45) is 0 Å². The fourth-order valence-electron chi connectivity index (χ4n) is 2.44. The van der Waals surface area contributed by atoms with Crippen LogP contribution in [-0.4, -0.2) is 42.9 Å². The van der Waals surface area contributed by atoms with E-state index in [9.17, 15) is 18.5 Å². The molecule has 1 fully saturated rings. The lowest BCUT2D eigenvalue weighted by Gasteiger charge is -2.35. The van der Waals surface area contributed by atoms with Gasteiger partial charge in [0.15, 0.2) is 4.90 Å². The molecule has 1 aromatic rings. The molecule has 1 aromatic carbocycles. The van der Waals surface area contributed by atoms with Crippen molar-refractivity contribution in [1.29, 1.82) is 0 Å². The second-order valence-electron chi connectivity index (χ2n) is 5.25. The molecular weight excluding hydrogens is 296 g/mol. The van der Waals surface area contributed by atoms with E-state index < -0.39 is 14.9 Å². The van der Waals surface area contributed by atoms with Gasteiger partial charge < -0.3 is 4.74 Å². The summed E-state index contributed by atoms with van der Waals surface area (Å²) in [5.74, 6) is 0. The highest BCUT2D eigenvalue weighted by Crippen LogP contribution is 2.31. The van der Waals surface area contributed by atoms with E-state index in [2.05, 4.69) is 0 Å². The summed E-state index contributed by atoms with van der Waals surface area (Å²) in [5.41, 5.74) is -0.0168. The predicted molar refractivity (Wildman–Crippen MR) is 76.6 cm³/mol. The van der Waals surface area contributed by atoms with E-state index in [1.54, 1.807) is 26.8 Å².